The van der Waals surface area contributed by atoms with Crippen molar-refractivity contribution in [1.82, 2.24) is 9.55 Å². The Labute approximate surface area is 164 Å². The Kier molecular flexibility index (Phi) is 3.92. The molecule has 27 heavy (non-hydrogen) atoms. The molecule has 0 bridgehead atoms. The zero-order valence-corrected chi connectivity index (χ0v) is 16.3. The van der Waals surface area contributed by atoms with Gasteiger partial charge in [-0.1, -0.05) is 42.5 Å². The van der Waals surface area contributed by atoms with Gasteiger partial charge in [-0.15, -0.1) is 22.7 Å². The molecule has 3 heterocycles. The molecule has 0 amide bonds. The summed E-state index contributed by atoms with van der Waals surface area (Å²) in [6.07, 6.45) is 1.67. The number of hydrogen-bond acceptors (Lipinski definition) is 4. The Morgan fingerprint density at radius 3 is 2.74 bits per heavy atom. The van der Waals surface area contributed by atoms with Gasteiger partial charge in [0.05, 0.1) is 18.3 Å². The normalized spacial score (nSPS) is 11.4. The first-order valence-corrected chi connectivity index (χ1v) is 10.4. The number of benzene rings is 2. The first kappa shape index (κ1) is 16.4. The second-order valence-corrected chi connectivity index (χ2v) is 8.70. The van der Waals surface area contributed by atoms with E-state index in [9.17, 15) is 4.79 Å². The highest BCUT2D eigenvalue weighted by molar-refractivity contribution is 7.19. The number of thiophene rings is 2. The highest BCUT2D eigenvalue weighted by Gasteiger charge is 2.15. The lowest BCUT2D eigenvalue weighted by Crippen LogP contribution is -2.21. The lowest BCUT2D eigenvalue weighted by atomic mass is 10.0. The fourth-order valence-electron chi connectivity index (χ4n) is 3.45. The number of aromatic nitrogens is 2. The summed E-state index contributed by atoms with van der Waals surface area (Å²) in [4.78, 5) is 21.0. The average Bonchev–Trinajstić information content (AvgIpc) is 3.30. The lowest BCUT2D eigenvalue weighted by molar-refractivity contribution is 0.754. The van der Waals surface area contributed by atoms with E-state index >= 15 is 0 Å². The van der Waals surface area contributed by atoms with Crippen molar-refractivity contribution < 1.29 is 0 Å². The van der Waals surface area contributed by atoms with Crippen LogP contribution < -0.4 is 5.56 Å². The van der Waals surface area contributed by atoms with Gasteiger partial charge < -0.3 is 0 Å². The minimum absolute atomic E-state index is 0.0234. The van der Waals surface area contributed by atoms with Crippen molar-refractivity contribution in [2.45, 2.75) is 13.5 Å². The standard InChI is InChI=1S/C22H16N2OS2/c1-14-9-10-19(27-14)18-12-26-21-20(18)22(25)24(13-23-21)11-16-7-4-6-15-5-2-3-8-17(15)16/h2-10,12-13H,11H2,1H3. The van der Waals surface area contributed by atoms with Gasteiger partial charge >= 0.3 is 0 Å². The van der Waals surface area contributed by atoms with Gasteiger partial charge in [0.1, 0.15) is 4.83 Å². The van der Waals surface area contributed by atoms with E-state index in [1.807, 2.05) is 23.6 Å². The number of rotatable bonds is 3. The Bertz CT molecular complexity index is 1340. The average molecular weight is 389 g/mol. The molecule has 0 spiro atoms. The van der Waals surface area contributed by atoms with Crippen molar-refractivity contribution in [2.75, 3.05) is 0 Å². The minimum atomic E-state index is 0.0234. The van der Waals surface area contributed by atoms with Crippen LogP contribution in [0.5, 0.6) is 0 Å². The highest BCUT2D eigenvalue weighted by atomic mass is 32.1. The first-order chi connectivity index (χ1) is 13.2. The molecule has 0 aliphatic heterocycles. The molecule has 5 aromatic rings. The number of hydrogen-bond donors (Lipinski definition) is 0. The molecule has 132 valence electrons. The quantitative estimate of drug-likeness (QED) is 0.397. The number of nitrogens with zero attached hydrogens (tertiary/aromatic N) is 2. The van der Waals surface area contributed by atoms with Gasteiger partial charge in [0.15, 0.2) is 0 Å². The van der Waals surface area contributed by atoms with E-state index in [0.717, 1.165) is 26.2 Å². The SMILES string of the molecule is Cc1ccc(-c2csc3ncn(Cc4cccc5ccccc45)c(=O)c23)s1. The molecular formula is C22H16N2OS2. The topological polar surface area (TPSA) is 34.9 Å². The van der Waals surface area contributed by atoms with E-state index in [1.165, 1.54) is 27.0 Å². The first-order valence-electron chi connectivity index (χ1n) is 8.71. The summed E-state index contributed by atoms with van der Waals surface area (Å²) in [6.45, 7) is 2.60. The summed E-state index contributed by atoms with van der Waals surface area (Å²) in [5, 5.41) is 5.13. The van der Waals surface area contributed by atoms with E-state index in [2.05, 4.69) is 48.3 Å². The molecule has 0 atom stereocenters. The maximum atomic E-state index is 13.3. The van der Waals surface area contributed by atoms with Crippen LogP contribution in [-0.2, 0) is 6.54 Å². The van der Waals surface area contributed by atoms with Crippen molar-refractivity contribution in [3.8, 4) is 10.4 Å². The predicted octanol–water partition coefficient (Wildman–Crippen LogP) is 5.70. The molecule has 3 nitrogen and oxygen atoms in total. The Morgan fingerprint density at radius 1 is 1.04 bits per heavy atom. The third-order valence-electron chi connectivity index (χ3n) is 4.79. The van der Waals surface area contributed by atoms with E-state index in [-0.39, 0.29) is 5.56 Å². The van der Waals surface area contributed by atoms with Gasteiger partial charge in [0.25, 0.3) is 5.56 Å². The van der Waals surface area contributed by atoms with Crippen LogP contribution in [0.25, 0.3) is 31.4 Å². The molecule has 0 radical (unpaired) electrons. The van der Waals surface area contributed by atoms with Gasteiger partial charge in [0.2, 0.25) is 0 Å². The summed E-state index contributed by atoms with van der Waals surface area (Å²) in [6, 6.07) is 18.7. The van der Waals surface area contributed by atoms with Gasteiger partial charge in [-0.05, 0) is 35.4 Å². The molecule has 0 aliphatic rings. The van der Waals surface area contributed by atoms with Crippen LogP contribution in [0.1, 0.15) is 10.4 Å². The zero-order valence-electron chi connectivity index (χ0n) is 14.7. The molecule has 0 fully saturated rings. The second kappa shape index (κ2) is 6.44. The van der Waals surface area contributed by atoms with E-state index in [4.69, 9.17) is 0 Å². The van der Waals surface area contributed by atoms with Crippen molar-refractivity contribution >= 4 is 43.7 Å². The van der Waals surface area contributed by atoms with Crippen molar-refractivity contribution in [3.63, 3.8) is 0 Å². The van der Waals surface area contributed by atoms with Crippen LogP contribution in [0.2, 0.25) is 0 Å². The molecule has 0 unspecified atom stereocenters. The fourth-order valence-corrected chi connectivity index (χ4v) is 5.32. The van der Waals surface area contributed by atoms with Crippen LogP contribution in [-0.4, -0.2) is 9.55 Å². The molecule has 5 heteroatoms. The molecule has 2 aromatic carbocycles. The molecule has 0 aliphatic carbocycles. The van der Waals surface area contributed by atoms with Gasteiger partial charge in [-0.3, -0.25) is 9.36 Å². The smallest absolute Gasteiger partial charge is 0.263 e. The third-order valence-corrected chi connectivity index (χ3v) is 6.71. The largest absolute Gasteiger partial charge is 0.294 e. The second-order valence-electron chi connectivity index (χ2n) is 6.56. The predicted molar refractivity (Wildman–Crippen MR) is 115 cm³/mol. The van der Waals surface area contributed by atoms with Crippen molar-refractivity contribution in [1.29, 1.82) is 0 Å². The van der Waals surface area contributed by atoms with Crippen LogP contribution in [0, 0.1) is 6.92 Å². The van der Waals surface area contributed by atoms with Crippen LogP contribution >= 0.6 is 22.7 Å². The maximum absolute atomic E-state index is 13.3. The van der Waals surface area contributed by atoms with Crippen LogP contribution in [0.4, 0.5) is 0 Å². The van der Waals surface area contributed by atoms with Gasteiger partial charge in [-0.25, -0.2) is 4.98 Å². The van der Waals surface area contributed by atoms with E-state index < -0.39 is 0 Å². The highest BCUT2D eigenvalue weighted by Crippen LogP contribution is 2.35. The summed E-state index contributed by atoms with van der Waals surface area (Å²) in [5.74, 6) is 0. The molecule has 0 saturated carbocycles. The lowest BCUT2D eigenvalue weighted by Gasteiger charge is -2.09. The number of fused-ring (bicyclic) bond motifs is 2. The number of aryl methyl sites for hydroxylation is 1. The van der Waals surface area contributed by atoms with Crippen molar-refractivity contribution in [2.24, 2.45) is 0 Å². The third kappa shape index (κ3) is 2.80. The monoisotopic (exact) mass is 388 g/mol. The Balaban J connectivity index is 1.66. The Morgan fingerprint density at radius 2 is 1.89 bits per heavy atom. The molecule has 0 N–H and O–H groups in total. The van der Waals surface area contributed by atoms with Gasteiger partial charge in [-0.2, -0.15) is 0 Å². The fraction of sp³-hybridized carbons (Fsp3) is 0.0909. The van der Waals surface area contributed by atoms with E-state index in [0.29, 0.717) is 6.54 Å². The van der Waals surface area contributed by atoms with Crippen molar-refractivity contribution in [3.05, 3.63) is 87.1 Å². The molecule has 5 rings (SSSR count). The summed E-state index contributed by atoms with van der Waals surface area (Å²) >= 11 is 3.24. The summed E-state index contributed by atoms with van der Waals surface area (Å²) in [5.41, 5.74) is 2.15. The summed E-state index contributed by atoms with van der Waals surface area (Å²) in [7, 11) is 0. The van der Waals surface area contributed by atoms with Crippen LogP contribution in [0.3, 0.4) is 0 Å². The molecular weight excluding hydrogens is 372 g/mol. The van der Waals surface area contributed by atoms with Crippen LogP contribution in [0.15, 0.2) is 71.1 Å². The summed E-state index contributed by atoms with van der Waals surface area (Å²) < 4.78 is 1.72. The molecule has 3 aromatic heterocycles. The van der Waals surface area contributed by atoms with Gasteiger partial charge in [0, 0.05) is 20.7 Å². The Hall–Kier alpha value is -2.76. The maximum Gasteiger partial charge on any atom is 0.263 e. The zero-order chi connectivity index (χ0) is 18.4. The molecule has 0 saturated heterocycles. The van der Waals surface area contributed by atoms with E-state index in [1.54, 1.807) is 22.2 Å². The minimum Gasteiger partial charge on any atom is -0.294 e.